The summed E-state index contributed by atoms with van der Waals surface area (Å²) in [6.45, 7) is 1.16. The molecule has 5 nitrogen and oxygen atoms in total. The molecule has 0 N–H and O–H groups in total. The molecule has 4 rings (SSSR count). The zero-order valence-corrected chi connectivity index (χ0v) is 16.7. The van der Waals surface area contributed by atoms with Gasteiger partial charge >= 0.3 is 0 Å². The molecule has 0 saturated heterocycles. The largest absolute Gasteiger partial charge is 0.447 e. The molecule has 0 spiro atoms. The van der Waals surface area contributed by atoms with E-state index in [4.69, 9.17) is 4.42 Å². The Balaban J connectivity index is 1.41. The molecular formula is C23H23F2N3O2. The molecule has 1 aliphatic carbocycles. The van der Waals surface area contributed by atoms with E-state index in [9.17, 15) is 13.6 Å². The van der Waals surface area contributed by atoms with Gasteiger partial charge in [0.05, 0.1) is 6.54 Å². The Labute approximate surface area is 173 Å². The topological polar surface area (TPSA) is 49.6 Å². The zero-order valence-electron chi connectivity index (χ0n) is 16.7. The van der Waals surface area contributed by atoms with Gasteiger partial charge in [-0.3, -0.25) is 9.69 Å². The summed E-state index contributed by atoms with van der Waals surface area (Å²) in [5, 5.41) is 0. The Kier molecular flexibility index (Phi) is 5.90. The van der Waals surface area contributed by atoms with E-state index in [2.05, 4.69) is 4.98 Å². The van der Waals surface area contributed by atoms with Crippen LogP contribution in [0, 0.1) is 11.6 Å². The predicted molar refractivity (Wildman–Crippen MR) is 107 cm³/mol. The molecule has 1 fully saturated rings. The van der Waals surface area contributed by atoms with Crippen molar-refractivity contribution in [1.29, 1.82) is 0 Å². The average molecular weight is 411 g/mol. The minimum absolute atomic E-state index is 0.226. The summed E-state index contributed by atoms with van der Waals surface area (Å²) in [5.74, 6) is -0.978. The smallest absolute Gasteiger partial charge is 0.275 e. The van der Waals surface area contributed by atoms with Crippen molar-refractivity contribution in [2.75, 3.05) is 7.05 Å². The zero-order chi connectivity index (χ0) is 21.1. The molecule has 0 atom stereocenters. The molecule has 7 heteroatoms. The molecule has 0 unspecified atom stereocenters. The van der Waals surface area contributed by atoms with Crippen molar-refractivity contribution in [2.45, 2.75) is 38.5 Å². The normalized spacial score (nSPS) is 13.6. The third kappa shape index (κ3) is 4.91. The molecule has 1 saturated carbocycles. The van der Waals surface area contributed by atoms with Gasteiger partial charge in [0.1, 0.15) is 17.9 Å². The molecule has 1 heterocycles. The van der Waals surface area contributed by atoms with E-state index in [0.29, 0.717) is 37.1 Å². The number of hydrogen-bond donors (Lipinski definition) is 0. The Morgan fingerprint density at radius 1 is 1.10 bits per heavy atom. The van der Waals surface area contributed by atoms with Crippen molar-refractivity contribution in [3.63, 3.8) is 0 Å². The van der Waals surface area contributed by atoms with Crippen LogP contribution >= 0.6 is 0 Å². The Morgan fingerprint density at radius 2 is 1.87 bits per heavy atom. The fraction of sp³-hybridized carbons (Fsp3) is 0.304. The first-order valence-electron chi connectivity index (χ1n) is 9.91. The maximum Gasteiger partial charge on any atom is 0.275 e. The Bertz CT molecular complexity index is 1020. The first-order valence-corrected chi connectivity index (χ1v) is 9.91. The second-order valence-corrected chi connectivity index (χ2v) is 7.65. The number of rotatable bonds is 8. The third-order valence-electron chi connectivity index (χ3n) is 5.17. The van der Waals surface area contributed by atoms with Crippen LogP contribution in [0.15, 0.2) is 59.2 Å². The number of oxazole rings is 1. The highest BCUT2D eigenvalue weighted by Crippen LogP contribution is 2.30. The summed E-state index contributed by atoms with van der Waals surface area (Å²) >= 11 is 0. The first-order chi connectivity index (χ1) is 14.5. The Morgan fingerprint density at radius 3 is 2.57 bits per heavy atom. The lowest BCUT2D eigenvalue weighted by molar-refractivity contribution is 0.0779. The van der Waals surface area contributed by atoms with Crippen LogP contribution in [-0.2, 0) is 19.6 Å². The molecule has 2 aromatic carbocycles. The Hall–Kier alpha value is -3.06. The first kappa shape index (κ1) is 20.2. The van der Waals surface area contributed by atoms with Gasteiger partial charge in [-0.05, 0) is 24.5 Å². The second-order valence-electron chi connectivity index (χ2n) is 7.65. The summed E-state index contributed by atoms with van der Waals surface area (Å²) in [6.07, 6.45) is 3.38. The highest BCUT2D eigenvalue weighted by atomic mass is 19.1. The van der Waals surface area contributed by atoms with Crippen LogP contribution in [0.4, 0.5) is 8.78 Å². The maximum atomic E-state index is 14.1. The van der Waals surface area contributed by atoms with E-state index in [0.717, 1.165) is 24.5 Å². The number of carbonyl (C=O) groups excluding carboxylic acids is 1. The van der Waals surface area contributed by atoms with Crippen LogP contribution in [0.5, 0.6) is 0 Å². The van der Waals surface area contributed by atoms with Crippen LogP contribution < -0.4 is 0 Å². The van der Waals surface area contributed by atoms with Gasteiger partial charge in [-0.1, -0.05) is 36.4 Å². The van der Waals surface area contributed by atoms with Crippen LogP contribution in [0.1, 0.15) is 40.3 Å². The number of nitrogens with zero attached hydrogens (tertiary/aromatic N) is 3. The minimum Gasteiger partial charge on any atom is -0.447 e. The van der Waals surface area contributed by atoms with E-state index in [1.165, 1.54) is 18.4 Å². The van der Waals surface area contributed by atoms with Crippen molar-refractivity contribution in [2.24, 2.45) is 0 Å². The number of hydrogen-bond acceptors (Lipinski definition) is 4. The number of benzene rings is 2. The highest BCUT2D eigenvalue weighted by Gasteiger charge is 2.31. The molecular weight excluding hydrogens is 388 g/mol. The van der Waals surface area contributed by atoms with Gasteiger partial charge in [0.15, 0.2) is 5.69 Å². The monoisotopic (exact) mass is 411 g/mol. The number of aromatic nitrogens is 1. The molecule has 0 radical (unpaired) electrons. The van der Waals surface area contributed by atoms with E-state index >= 15 is 0 Å². The van der Waals surface area contributed by atoms with Gasteiger partial charge in [0, 0.05) is 37.8 Å². The summed E-state index contributed by atoms with van der Waals surface area (Å²) in [6, 6.07) is 13.6. The second kappa shape index (κ2) is 8.75. The SMILES string of the molecule is CN(Cc1ccccc1)C(=O)c1coc(CN(Cc2ccc(F)cc2F)C2CC2)n1. The average Bonchev–Trinajstić information content (AvgIpc) is 3.48. The van der Waals surface area contributed by atoms with E-state index in [-0.39, 0.29) is 11.6 Å². The molecule has 1 aromatic heterocycles. The minimum atomic E-state index is -0.593. The lowest BCUT2D eigenvalue weighted by Crippen LogP contribution is -2.27. The highest BCUT2D eigenvalue weighted by molar-refractivity contribution is 5.91. The van der Waals surface area contributed by atoms with Crippen molar-refractivity contribution >= 4 is 5.91 Å². The van der Waals surface area contributed by atoms with Gasteiger partial charge in [0.2, 0.25) is 5.89 Å². The van der Waals surface area contributed by atoms with Crippen LogP contribution in [0.25, 0.3) is 0 Å². The molecule has 3 aromatic rings. The van der Waals surface area contributed by atoms with Crippen LogP contribution in [0.2, 0.25) is 0 Å². The van der Waals surface area contributed by atoms with Crippen LogP contribution in [-0.4, -0.2) is 33.8 Å². The maximum absolute atomic E-state index is 14.1. The number of halogens is 2. The standard InChI is InChI=1S/C23H23F2N3O2/c1-27(12-16-5-3-2-4-6-16)23(29)21-15-30-22(26-21)14-28(19-9-10-19)13-17-7-8-18(24)11-20(17)25/h2-8,11,15,19H,9-10,12-14H2,1H3. The molecule has 0 bridgehead atoms. The summed E-state index contributed by atoms with van der Waals surface area (Å²) < 4.78 is 32.8. The molecule has 156 valence electrons. The molecule has 1 amide bonds. The summed E-state index contributed by atoms with van der Waals surface area (Å²) in [5.41, 5.74) is 1.69. The summed E-state index contributed by atoms with van der Waals surface area (Å²) in [7, 11) is 1.72. The molecule has 30 heavy (non-hydrogen) atoms. The van der Waals surface area contributed by atoms with E-state index in [1.54, 1.807) is 11.9 Å². The van der Waals surface area contributed by atoms with Crippen molar-refractivity contribution in [3.8, 4) is 0 Å². The lowest BCUT2D eigenvalue weighted by atomic mass is 10.2. The molecule has 1 aliphatic rings. The predicted octanol–water partition coefficient (Wildman–Crippen LogP) is 4.39. The van der Waals surface area contributed by atoms with Crippen LogP contribution in [0.3, 0.4) is 0 Å². The number of amides is 1. The fourth-order valence-electron chi connectivity index (χ4n) is 3.40. The van der Waals surface area contributed by atoms with Crippen molar-refractivity contribution in [1.82, 2.24) is 14.8 Å². The van der Waals surface area contributed by atoms with Gasteiger partial charge < -0.3 is 9.32 Å². The van der Waals surface area contributed by atoms with Gasteiger partial charge in [-0.15, -0.1) is 0 Å². The van der Waals surface area contributed by atoms with Gasteiger partial charge in [-0.25, -0.2) is 13.8 Å². The quantitative estimate of drug-likeness (QED) is 0.552. The molecule has 0 aliphatic heterocycles. The van der Waals surface area contributed by atoms with E-state index < -0.39 is 11.6 Å². The third-order valence-corrected chi connectivity index (χ3v) is 5.17. The lowest BCUT2D eigenvalue weighted by Gasteiger charge is -2.20. The van der Waals surface area contributed by atoms with Crippen molar-refractivity contribution in [3.05, 3.63) is 89.1 Å². The fourth-order valence-corrected chi connectivity index (χ4v) is 3.40. The summed E-state index contributed by atoms with van der Waals surface area (Å²) in [4.78, 5) is 20.6. The number of carbonyl (C=O) groups is 1. The van der Waals surface area contributed by atoms with Gasteiger partial charge in [0.25, 0.3) is 5.91 Å². The van der Waals surface area contributed by atoms with Gasteiger partial charge in [-0.2, -0.15) is 0 Å². The van der Waals surface area contributed by atoms with Crippen molar-refractivity contribution < 1.29 is 18.0 Å². The van der Waals surface area contributed by atoms with E-state index in [1.807, 2.05) is 35.2 Å².